The Kier molecular flexibility index (Phi) is 29.8. The summed E-state index contributed by atoms with van der Waals surface area (Å²) in [5.74, 6) is -4.23. The third kappa shape index (κ3) is 22.3. The Bertz CT molecular complexity index is 5820. The van der Waals surface area contributed by atoms with Crippen LogP contribution in [0.25, 0.3) is 11.3 Å². The number of alkyl halides is 4. The smallest absolute Gasteiger partial charge is 0.284 e. The number of carbonyl (C=O) groups excluding carboxylic acids is 10. The van der Waals surface area contributed by atoms with Crippen LogP contribution in [0.1, 0.15) is 237 Å². The molecule has 10 aromatic rings. The lowest BCUT2D eigenvalue weighted by molar-refractivity contribution is -0.137. The fourth-order valence-corrected chi connectivity index (χ4v) is 18.0. The number of amides is 10. The molecule has 131 heavy (non-hydrogen) atoms. The number of piperidine rings is 2. The minimum absolute atomic E-state index is 0.0436. The lowest BCUT2D eigenvalue weighted by Gasteiger charge is -2.31. The van der Waals surface area contributed by atoms with E-state index < -0.39 is 95.4 Å². The van der Waals surface area contributed by atoms with Crippen molar-refractivity contribution in [1.82, 2.24) is 79.4 Å². The van der Waals surface area contributed by atoms with Crippen LogP contribution < -0.4 is 48.7 Å². The van der Waals surface area contributed by atoms with Crippen molar-refractivity contribution in [2.45, 2.75) is 191 Å². The molecule has 2 saturated carbocycles. The maximum absolute atomic E-state index is 14.0. The molecular weight excluding hydrogens is 1690 g/mol. The molecule has 0 spiro atoms. The maximum Gasteiger partial charge on any atom is 0.284 e. The molecule has 34 nitrogen and oxygen atoms in total. The van der Waals surface area contributed by atoms with Crippen LogP contribution in [0, 0.1) is 11.8 Å². The van der Waals surface area contributed by atoms with Crippen molar-refractivity contribution < 1.29 is 75.0 Å². The summed E-state index contributed by atoms with van der Waals surface area (Å²) in [7, 11) is 2.11. The second-order valence-corrected chi connectivity index (χ2v) is 34.5. The fourth-order valence-electron chi connectivity index (χ4n) is 18.0. The van der Waals surface area contributed by atoms with Gasteiger partial charge < -0.3 is 52.4 Å². The van der Waals surface area contributed by atoms with Gasteiger partial charge in [0, 0.05) is 88.4 Å². The highest BCUT2D eigenvalue weighted by molar-refractivity contribution is 6.27. The first-order chi connectivity index (χ1) is 63.2. The van der Waals surface area contributed by atoms with Gasteiger partial charge in [-0.2, -0.15) is 20.4 Å². The predicted octanol–water partition coefficient (Wildman–Crippen LogP) is 11.3. The van der Waals surface area contributed by atoms with Gasteiger partial charge in [0.05, 0.1) is 70.3 Å². The number of nitrogens with two attached hydrogens (primary N) is 2. The Balaban J connectivity index is 0.000000177. The number of carbonyl (C=O) groups is 10. The van der Waals surface area contributed by atoms with Gasteiger partial charge in [-0.05, 0) is 220 Å². The van der Waals surface area contributed by atoms with E-state index in [-0.39, 0.29) is 105 Å². The summed E-state index contributed by atoms with van der Waals surface area (Å²) in [4.78, 5) is 140. The number of imide groups is 4. The number of fused-ring (bicyclic) bond motifs is 4. The zero-order chi connectivity index (χ0) is 92.1. The molecular formula is C93H108F4N22O12. The highest BCUT2D eigenvalue weighted by atomic mass is 19.3. The lowest BCUT2D eigenvalue weighted by Crippen LogP contribution is -2.54. The van der Waals surface area contributed by atoms with Crippen LogP contribution in [0.2, 0.25) is 0 Å². The van der Waals surface area contributed by atoms with Crippen molar-refractivity contribution in [3.63, 3.8) is 0 Å². The summed E-state index contributed by atoms with van der Waals surface area (Å²) in [5, 5.41) is 36.3. The highest BCUT2D eigenvalue weighted by Gasteiger charge is 2.48. The van der Waals surface area contributed by atoms with Gasteiger partial charge in [-0.3, -0.25) is 77.7 Å². The Hall–Kier alpha value is -13.2. The third-order valence-corrected chi connectivity index (χ3v) is 25.2. The van der Waals surface area contributed by atoms with Crippen LogP contribution >= 0.6 is 0 Å². The molecule has 4 aromatic carbocycles. The third-order valence-electron chi connectivity index (χ3n) is 25.2. The molecule has 2 unspecified atom stereocenters. The van der Waals surface area contributed by atoms with Gasteiger partial charge in [-0.25, -0.2) is 36.6 Å². The van der Waals surface area contributed by atoms with Crippen LogP contribution in [0.15, 0.2) is 134 Å². The number of aromatic nitrogens is 10. The van der Waals surface area contributed by atoms with Crippen molar-refractivity contribution in [2.75, 3.05) is 92.3 Å². The molecule has 2 aliphatic carbocycles. The van der Waals surface area contributed by atoms with E-state index in [1.807, 2.05) is 0 Å². The minimum atomic E-state index is -2.87. The number of ether oxygens (including phenoxy) is 2. The Morgan fingerprint density at radius 3 is 1.31 bits per heavy atom. The fraction of sp³-hybridized carbons (Fsp3) is 0.441. The molecule has 0 radical (unpaired) electrons. The molecule has 12 heterocycles. The number of hydrogen-bond acceptors (Lipinski definition) is 24. The summed E-state index contributed by atoms with van der Waals surface area (Å²) in [6.45, 7) is 10.7. The number of nitrogens with zero attached hydrogens (tertiary/aromatic N) is 13. The molecule has 6 fully saturated rings. The summed E-state index contributed by atoms with van der Waals surface area (Å²) >= 11 is 0. The number of halogens is 4. The first-order valence-corrected chi connectivity index (χ1v) is 44.8. The van der Waals surface area contributed by atoms with E-state index in [9.17, 15) is 65.5 Å². The number of nitrogens with one attached hydrogen (secondary N) is 7. The zero-order valence-corrected chi connectivity index (χ0v) is 73.2. The van der Waals surface area contributed by atoms with Crippen molar-refractivity contribution >= 4 is 105 Å². The summed E-state index contributed by atoms with van der Waals surface area (Å²) in [6.07, 6.45) is 19.3. The second-order valence-electron chi connectivity index (χ2n) is 34.5. The molecule has 6 aliphatic heterocycles. The Morgan fingerprint density at radius 1 is 0.504 bits per heavy atom. The van der Waals surface area contributed by atoms with Crippen molar-refractivity contribution in [2.24, 2.45) is 11.8 Å². The SMILES string of the molecule is CN(CCc1ccc(CCNc2cccc3c2C(=O)N(C2CCC(=O)NC2=O)C3=O)cc1)CC1CCC(n2cc(NC(=O)c3cnn4ccc(N)nc34)c(C(F)F)n2)CC1.C[C@H]1CCCO1.C[C@H]1CCCO1.Nc1ccn2ncc(C(=O)Nc3cn(C4CCC(CNCCc5ccc(CCNc6cccc7c6C(=O)N(C6CCC(=O)NC6=O)C7=O)cc5)CC4)nc3C(F)F)c2n1. The number of rotatable bonds is 28. The van der Waals surface area contributed by atoms with E-state index in [4.69, 9.17) is 20.9 Å². The quantitative estimate of drug-likeness (QED) is 0.0125. The zero-order valence-electron chi connectivity index (χ0n) is 73.2. The van der Waals surface area contributed by atoms with E-state index >= 15 is 0 Å². The van der Waals surface area contributed by atoms with E-state index in [0.29, 0.717) is 61.3 Å². The molecule has 18 rings (SSSR count). The van der Waals surface area contributed by atoms with Crippen molar-refractivity contribution in [1.29, 1.82) is 0 Å². The van der Waals surface area contributed by atoms with Crippen LogP contribution in [-0.4, -0.2) is 206 Å². The largest absolute Gasteiger partial charge is 0.384 e. The van der Waals surface area contributed by atoms with Gasteiger partial charge in [0.25, 0.3) is 48.3 Å². The molecule has 4 atom stereocenters. The van der Waals surface area contributed by atoms with E-state index in [1.54, 1.807) is 58.2 Å². The monoisotopic (exact) mass is 1800 g/mol. The van der Waals surface area contributed by atoms with E-state index in [0.717, 1.165) is 125 Å². The minimum Gasteiger partial charge on any atom is -0.384 e. The topological polar surface area (TPSA) is 431 Å². The van der Waals surface area contributed by atoms with Crippen LogP contribution in [-0.2, 0) is 54.3 Å². The first kappa shape index (κ1) is 92.5. The van der Waals surface area contributed by atoms with Gasteiger partial charge in [-0.15, -0.1) is 0 Å². The molecule has 690 valence electrons. The Labute approximate surface area is 752 Å². The second kappa shape index (κ2) is 42.1. The number of hydrogen-bond donors (Lipinski definition) is 9. The van der Waals surface area contributed by atoms with E-state index in [1.165, 1.54) is 82.8 Å². The normalized spacial score (nSPS) is 20.7. The van der Waals surface area contributed by atoms with Crippen LogP contribution in [0.5, 0.6) is 0 Å². The van der Waals surface area contributed by atoms with Crippen molar-refractivity contribution in [3.8, 4) is 0 Å². The average Bonchev–Trinajstić information content (AvgIpc) is 1.60. The summed E-state index contributed by atoms with van der Waals surface area (Å²) in [6, 6.07) is 27.7. The van der Waals surface area contributed by atoms with Crippen LogP contribution in [0.3, 0.4) is 0 Å². The molecule has 38 heteroatoms. The summed E-state index contributed by atoms with van der Waals surface area (Å²) < 4.78 is 72.3. The van der Waals surface area contributed by atoms with Gasteiger partial charge >= 0.3 is 0 Å². The van der Waals surface area contributed by atoms with Crippen molar-refractivity contribution in [3.05, 3.63) is 201 Å². The Morgan fingerprint density at radius 2 is 0.916 bits per heavy atom. The standard InChI is InChI=1S/C42H45F2N11O5.C41H43F2N11O5.2C5H10O/c1-52(22-26-9-11-27(12-10-26)54-23-31(36(51-54)37(43)44)48-39(57)29-21-47-53-20-17-33(45)49-38(29)53)19-16-25-7-5-24(6-8-25)15-18-46-30-4-2-3-28-35(30)42(60)55(41(28)59)32-13-14-34(56)50-40(32)58;42-36(43)35-30(48-38(56)28-21-47-52-19-16-32(44)49-37(28)52)22-53(51-35)26-10-8-25(9-11-26)20-45-17-14-23-4-6-24(7-5-23)15-18-46-29-3-1-2-27-34(29)41(59)54(40(27)58)31-12-13-33(55)50-39(31)57;2*1-5-3-2-4-6-5/h2-8,17,20-21,23,26-27,32,37,46H,9-16,18-19,22H2,1H3,(H2,45,49)(H,48,57)(H,50,56,58);1-7,16,19,21-22,25-26,31,36,45-46H,8-15,17-18,20H2,(H2,44,49)(H,48,56)(H,50,55,57);2*5H,2-4H2,1H3/t;;2*5-/m..00/s1. The average molecular weight is 1800 g/mol. The van der Waals surface area contributed by atoms with Gasteiger partial charge in [0.1, 0.15) is 34.8 Å². The molecule has 10 amide bonds. The lowest BCUT2D eigenvalue weighted by atomic mass is 9.86. The molecule has 4 saturated heterocycles. The van der Waals surface area contributed by atoms with Gasteiger partial charge in [0.2, 0.25) is 23.6 Å². The molecule has 6 aromatic heterocycles. The van der Waals surface area contributed by atoms with E-state index in [2.05, 4.69) is 142 Å². The summed E-state index contributed by atoms with van der Waals surface area (Å²) in [5.41, 5.74) is 17.7. The molecule has 8 aliphatic rings. The maximum atomic E-state index is 14.0. The van der Waals surface area contributed by atoms with Gasteiger partial charge in [0.15, 0.2) is 22.7 Å². The number of nitrogen functional groups attached to an aromatic ring is 2. The molecule has 0 bridgehead atoms. The highest BCUT2D eigenvalue weighted by Crippen LogP contribution is 2.40. The van der Waals surface area contributed by atoms with Crippen LogP contribution in [0.4, 0.5) is 51.9 Å². The number of benzene rings is 4. The van der Waals surface area contributed by atoms with Gasteiger partial charge in [-0.1, -0.05) is 60.7 Å². The first-order valence-electron chi connectivity index (χ1n) is 44.8. The number of likely N-dealkylation sites (N-methyl/N-ethyl adjacent to an activating group) is 1. The number of anilines is 6. The molecule has 11 N–H and O–H groups in total. The predicted molar refractivity (Wildman–Crippen MR) is 478 cm³/mol.